The van der Waals surface area contributed by atoms with E-state index in [0.29, 0.717) is 13.0 Å². The molecule has 4 fully saturated rings. The highest BCUT2D eigenvalue weighted by atomic mass is 16.5. The van der Waals surface area contributed by atoms with Gasteiger partial charge < -0.3 is 28.8 Å². The molecule has 2 amide bonds. The molecule has 0 N–H and O–H groups in total. The minimum absolute atomic E-state index is 0.00870. The van der Waals surface area contributed by atoms with Crippen molar-refractivity contribution in [1.29, 1.82) is 0 Å². The molecule has 0 radical (unpaired) electrons. The van der Waals surface area contributed by atoms with Gasteiger partial charge in [-0.2, -0.15) is 0 Å². The largest absolute Gasteiger partial charge is 0.547 e. The number of rotatable bonds is 5. The summed E-state index contributed by atoms with van der Waals surface area (Å²) in [6.07, 6.45) is 3.69. The predicted molar refractivity (Wildman–Crippen MR) is 90.8 cm³/mol. The van der Waals surface area contributed by atoms with Crippen molar-refractivity contribution in [3.05, 3.63) is 23.7 Å². The van der Waals surface area contributed by atoms with Gasteiger partial charge in [-0.25, -0.2) is 0 Å². The van der Waals surface area contributed by atoms with Crippen molar-refractivity contribution in [3.8, 4) is 0 Å². The summed E-state index contributed by atoms with van der Waals surface area (Å²) in [6, 6.07) is -1.01. The molecule has 4 unspecified atom stereocenters. The summed E-state index contributed by atoms with van der Waals surface area (Å²) in [5.41, 5.74) is 0. The first-order valence-electron chi connectivity index (χ1n) is 8.93. The molecule has 0 aliphatic carbocycles. The Morgan fingerprint density at radius 3 is 2.00 bits per heavy atom. The van der Waals surface area contributed by atoms with Crippen LogP contribution in [0.15, 0.2) is 23.7 Å². The second kappa shape index (κ2) is 8.19. The zero-order valence-electron chi connectivity index (χ0n) is 16.0. The molecule has 4 heterocycles. The van der Waals surface area contributed by atoms with Crippen molar-refractivity contribution in [2.24, 2.45) is 0 Å². The van der Waals surface area contributed by atoms with E-state index >= 15 is 0 Å². The van der Waals surface area contributed by atoms with Gasteiger partial charge in [-0.1, -0.05) is 0 Å². The third-order valence-electron chi connectivity index (χ3n) is 4.94. The van der Waals surface area contributed by atoms with E-state index in [0.717, 1.165) is 5.76 Å². The highest BCUT2D eigenvalue weighted by Crippen LogP contribution is 2.36. The normalized spacial score (nSPS) is 32.7. The van der Waals surface area contributed by atoms with Crippen molar-refractivity contribution in [1.82, 2.24) is 9.80 Å². The fraction of sp³-hybridized carbons (Fsp3) is 0.611. The Balaban J connectivity index is 0.000000162. The number of ether oxygens (including phenoxy) is 4. The summed E-state index contributed by atoms with van der Waals surface area (Å²) in [5.74, 6) is -0.286. The number of carboxylic acids is 1. The minimum Gasteiger partial charge on any atom is -0.547 e. The fourth-order valence-electron chi connectivity index (χ4n) is 3.47. The Hall–Kier alpha value is -2.59. The van der Waals surface area contributed by atoms with Gasteiger partial charge in [0.1, 0.15) is 17.6 Å². The lowest BCUT2D eigenvalue weighted by molar-refractivity contribution is -0.310. The van der Waals surface area contributed by atoms with Crippen molar-refractivity contribution < 1.29 is 38.4 Å². The van der Waals surface area contributed by atoms with Gasteiger partial charge in [-0.05, 0) is 19.1 Å². The number of hydrogen-bond donors (Lipinski definition) is 0. The topological polar surface area (TPSA) is 118 Å². The van der Waals surface area contributed by atoms with Crippen LogP contribution in [0.5, 0.6) is 0 Å². The molecule has 4 atom stereocenters. The zero-order chi connectivity index (χ0) is 20.4. The van der Waals surface area contributed by atoms with Crippen LogP contribution >= 0.6 is 0 Å². The number of hydrogen-bond acceptors (Lipinski definition) is 8. The molecule has 0 aromatic rings. The number of carbonyl (C=O) groups is 3. The van der Waals surface area contributed by atoms with Gasteiger partial charge in [-0.3, -0.25) is 19.4 Å². The first-order chi connectivity index (χ1) is 13.4. The van der Waals surface area contributed by atoms with E-state index in [1.807, 2.05) is 13.0 Å². The number of β-lactam (4-membered cyclic amide) rings is 2. The smallest absolute Gasteiger partial charge is 0.232 e. The zero-order valence-corrected chi connectivity index (χ0v) is 16.0. The Kier molecular flexibility index (Phi) is 5.90. The maximum atomic E-state index is 11.1. The second-order valence-corrected chi connectivity index (χ2v) is 6.68. The summed E-state index contributed by atoms with van der Waals surface area (Å²) in [4.78, 5) is 36.1. The lowest BCUT2D eigenvalue weighted by Crippen LogP contribution is -2.57. The maximum Gasteiger partial charge on any atom is 0.232 e. The fourth-order valence-corrected chi connectivity index (χ4v) is 3.47. The number of methoxy groups -OCH3 is 2. The molecule has 10 nitrogen and oxygen atoms in total. The van der Waals surface area contributed by atoms with Gasteiger partial charge in [-0.15, -0.1) is 0 Å². The van der Waals surface area contributed by atoms with E-state index in [1.165, 1.54) is 18.1 Å². The summed E-state index contributed by atoms with van der Waals surface area (Å²) in [7, 11) is 3.12. The molecule has 28 heavy (non-hydrogen) atoms. The van der Waals surface area contributed by atoms with E-state index in [1.54, 1.807) is 12.0 Å². The van der Waals surface area contributed by atoms with Crippen LogP contribution in [-0.2, 0) is 33.3 Å². The number of carboxylic acid groups (broad SMARTS) is 1. The summed E-state index contributed by atoms with van der Waals surface area (Å²) in [6.45, 7) is 2.75. The first-order valence-corrected chi connectivity index (χ1v) is 8.93. The van der Waals surface area contributed by atoms with Crippen molar-refractivity contribution >= 4 is 17.8 Å². The molecule has 0 bridgehead atoms. The molecule has 0 saturated carbocycles. The molecular weight excluding hydrogens is 372 g/mol. The van der Waals surface area contributed by atoms with E-state index in [-0.39, 0.29) is 42.9 Å². The molecule has 4 rings (SSSR count). The summed E-state index contributed by atoms with van der Waals surface area (Å²) < 4.78 is 20.5. The van der Waals surface area contributed by atoms with E-state index in [4.69, 9.17) is 18.9 Å². The number of aliphatic carboxylic acids is 1. The van der Waals surface area contributed by atoms with Crippen molar-refractivity contribution in [3.63, 3.8) is 0 Å². The monoisotopic (exact) mass is 395 g/mol. The molecule has 4 saturated heterocycles. The summed E-state index contributed by atoms with van der Waals surface area (Å²) in [5, 5.41) is 10.8. The van der Waals surface area contributed by atoms with Crippen molar-refractivity contribution in [2.45, 2.75) is 44.3 Å². The van der Waals surface area contributed by atoms with Crippen LogP contribution in [-0.4, -0.2) is 79.6 Å². The molecule has 0 aromatic carbocycles. The highest BCUT2D eigenvalue weighted by Gasteiger charge is 2.51. The quantitative estimate of drug-likeness (QED) is 0.528. The van der Waals surface area contributed by atoms with Gasteiger partial charge in [0.2, 0.25) is 11.8 Å². The first kappa shape index (κ1) is 20.2. The van der Waals surface area contributed by atoms with Crippen LogP contribution in [0.1, 0.15) is 19.8 Å². The molecular formula is C18H23N2O8-. The summed E-state index contributed by atoms with van der Waals surface area (Å²) >= 11 is 0. The lowest BCUT2D eigenvalue weighted by Gasteiger charge is -2.35. The van der Waals surface area contributed by atoms with Crippen LogP contribution in [0, 0.1) is 0 Å². The number of carbonyl (C=O) groups excluding carboxylic acids is 3. The third-order valence-corrected chi connectivity index (χ3v) is 4.94. The third kappa shape index (κ3) is 3.57. The van der Waals surface area contributed by atoms with Gasteiger partial charge in [0.15, 0.2) is 12.5 Å². The number of nitrogens with zero attached hydrogens (tertiary/aromatic N) is 2. The van der Waals surface area contributed by atoms with Gasteiger partial charge in [0, 0.05) is 14.2 Å². The molecule has 4 aliphatic rings. The Morgan fingerprint density at radius 2 is 1.54 bits per heavy atom. The lowest BCUT2D eigenvalue weighted by atomic mass is 10.1. The second-order valence-electron chi connectivity index (χ2n) is 6.68. The number of amides is 2. The Bertz CT molecular complexity index is 718. The van der Waals surface area contributed by atoms with E-state index in [2.05, 4.69) is 0 Å². The van der Waals surface area contributed by atoms with Crippen LogP contribution in [0.2, 0.25) is 0 Å². The van der Waals surface area contributed by atoms with E-state index in [9.17, 15) is 19.5 Å². The molecule has 154 valence electrons. The van der Waals surface area contributed by atoms with Crippen LogP contribution in [0.25, 0.3) is 0 Å². The highest BCUT2D eigenvalue weighted by molar-refractivity contribution is 5.90. The molecule has 4 aliphatic heterocycles. The van der Waals surface area contributed by atoms with Crippen LogP contribution in [0.4, 0.5) is 0 Å². The number of fused-ring (bicyclic) bond motifs is 2. The van der Waals surface area contributed by atoms with Gasteiger partial charge >= 0.3 is 0 Å². The van der Waals surface area contributed by atoms with E-state index < -0.39 is 18.2 Å². The molecule has 0 aromatic heterocycles. The van der Waals surface area contributed by atoms with Crippen LogP contribution < -0.4 is 5.11 Å². The van der Waals surface area contributed by atoms with Gasteiger partial charge in [0.25, 0.3) is 0 Å². The predicted octanol–water partition coefficient (Wildman–Crippen LogP) is -1.28. The maximum absolute atomic E-state index is 11.1. The van der Waals surface area contributed by atoms with Crippen molar-refractivity contribution in [2.75, 3.05) is 27.4 Å². The average Bonchev–Trinajstić information content (AvgIpc) is 3.08. The molecule has 10 heteroatoms. The average molecular weight is 395 g/mol. The standard InChI is InChI=1S/C9H11NO5.C9H13NO3/c1-14-3-2-5-8(9(12)13)10-6(11)4-7(10)15-5;1-6-7(3-4-12-2)13-9-5-8(11)10(6)9/h2,7-8H,3-4H2,1H3,(H,12,13);3,6,9H,4-5H2,1-2H3/p-1/b5-2-;7-3-. The SMILES string of the molecule is COC/C=C1\OC2CC(=O)N2C1C.COC/C=C1\OC2CC(=O)N2C1C(=O)[O-]. The van der Waals surface area contributed by atoms with Crippen LogP contribution in [0.3, 0.4) is 0 Å². The minimum atomic E-state index is -1.33. The van der Waals surface area contributed by atoms with Gasteiger partial charge in [0.05, 0.1) is 38.1 Å². The molecule has 0 spiro atoms. The Morgan fingerprint density at radius 1 is 1.04 bits per heavy atom. The Labute approximate surface area is 162 Å².